The third kappa shape index (κ3) is 4.96. The second-order valence-electron chi connectivity index (χ2n) is 8.85. The summed E-state index contributed by atoms with van der Waals surface area (Å²) in [7, 11) is 0. The van der Waals surface area contributed by atoms with Gasteiger partial charge in [-0.25, -0.2) is 8.78 Å². The molecule has 0 spiro atoms. The van der Waals surface area contributed by atoms with Crippen LogP contribution in [0.2, 0.25) is 0 Å². The molecule has 1 amide bonds. The molecule has 0 radical (unpaired) electrons. The van der Waals surface area contributed by atoms with E-state index in [1.807, 2.05) is 0 Å². The number of piperidine rings is 1. The summed E-state index contributed by atoms with van der Waals surface area (Å²) in [5, 5.41) is 6.86. The number of rotatable bonds is 7. The van der Waals surface area contributed by atoms with Gasteiger partial charge in [0.25, 0.3) is 11.8 Å². The molecule has 0 atom stereocenters. The Morgan fingerprint density at radius 3 is 2.53 bits per heavy atom. The van der Waals surface area contributed by atoms with Crippen LogP contribution in [-0.4, -0.2) is 64.0 Å². The van der Waals surface area contributed by atoms with Crippen molar-refractivity contribution in [2.75, 3.05) is 31.2 Å². The molecular formula is C24H23F4N5O3. The van der Waals surface area contributed by atoms with Crippen molar-refractivity contribution < 1.29 is 31.5 Å². The molecule has 4 heterocycles. The van der Waals surface area contributed by atoms with Crippen molar-refractivity contribution in [1.82, 2.24) is 20.1 Å². The predicted molar refractivity (Wildman–Crippen MR) is 119 cm³/mol. The van der Waals surface area contributed by atoms with Crippen molar-refractivity contribution in [1.29, 1.82) is 0 Å². The van der Waals surface area contributed by atoms with Gasteiger partial charge in [-0.15, -0.1) is 10.2 Å². The van der Waals surface area contributed by atoms with E-state index in [0.717, 1.165) is 0 Å². The lowest BCUT2D eigenvalue weighted by Gasteiger charge is -2.43. The molecule has 0 aliphatic carbocycles. The van der Waals surface area contributed by atoms with Crippen molar-refractivity contribution in [2.45, 2.75) is 37.5 Å². The summed E-state index contributed by atoms with van der Waals surface area (Å²) in [6.45, 7) is 1.94. The number of nitrogens with zero attached hydrogens (tertiary/aromatic N) is 5. The number of hydrogen-bond acceptors (Lipinski definition) is 7. The summed E-state index contributed by atoms with van der Waals surface area (Å²) >= 11 is 0. The zero-order valence-corrected chi connectivity index (χ0v) is 19.1. The van der Waals surface area contributed by atoms with E-state index in [9.17, 15) is 18.0 Å². The summed E-state index contributed by atoms with van der Waals surface area (Å²) in [6, 6.07) is 8.69. The number of alkyl halides is 3. The number of amides is 1. The first-order chi connectivity index (χ1) is 17.3. The number of hydrogen-bond donors (Lipinski definition) is 0. The second kappa shape index (κ2) is 9.94. The summed E-state index contributed by atoms with van der Waals surface area (Å²) in [6.07, 6.45) is -1.53. The van der Waals surface area contributed by atoms with E-state index in [0.29, 0.717) is 37.6 Å². The molecule has 0 unspecified atom stereocenters. The van der Waals surface area contributed by atoms with Gasteiger partial charge in [-0.05, 0) is 30.3 Å². The van der Waals surface area contributed by atoms with Gasteiger partial charge in [0.05, 0.1) is 37.1 Å². The van der Waals surface area contributed by atoms with Crippen molar-refractivity contribution in [3.05, 3.63) is 60.0 Å². The molecule has 0 saturated carbocycles. The highest BCUT2D eigenvalue weighted by atomic mass is 19.3. The van der Waals surface area contributed by atoms with Gasteiger partial charge in [0.2, 0.25) is 5.89 Å². The molecule has 5 rings (SSSR count). The van der Waals surface area contributed by atoms with Gasteiger partial charge in [-0.1, -0.05) is 6.07 Å². The number of benzene rings is 1. The quantitative estimate of drug-likeness (QED) is 0.450. The highest BCUT2D eigenvalue weighted by molar-refractivity contribution is 5.99. The van der Waals surface area contributed by atoms with Crippen LogP contribution < -0.4 is 4.90 Å². The lowest BCUT2D eigenvalue weighted by molar-refractivity contribution is -0.136. The van der Waals surface area contributed by atoms with E-state index in [4.69, 9.17) is 9.15 Å². The molecule has 2 aromatic heterocycles. The topological polar surface area (TPSA) is 84.6 Å². The smallest absolute Gasteiger partial charge is 0.314 e. The van der Waals surface area contributed by atoms with Crippen LogP contribution in [0.1, 0.15) is 30.9 Å². The maximum atomic E-state index is 16.0. The number of likely N-dealkylation sites (tertiary alicyclic amines) is 1. The number of anilines is 1. The van der Waals surface area contributed by atoms with Crippen LogP contribution in [0.4, 0.5) is 23.2 Å². The minimum Gasteiger partial charge on any atom is -0.415 e. The summed E-state index contributed by atoms with van der Waals surface area (Å²) in [4.78, 5) is 21.1. The van der Waals surface area contributed by atoms with E-state index in [1.54, 1.807) is 0 Å². The van der Waals surface area contributed by atoms with Crippen LogP contribution in [0.15, 0.2) is 47.0 Å². The maximum Gasteiger partial charge on any atom is 0.314 e. The Morgan fingerprint density at radius 2 is 1.94 bits per heavy atom. The summed E-state index contributed by atoms with van der Waals surface area (Å²) in [5.41, 5.74) is -1.23. The molecule has 0 bridgehead atoms. The first kappa shape index (κ1) is 24.3. The first-order valence-corrected chi connectivity index (χ1v) is 11.5. The van der Waals surface area contributed by atoms with Crippen LogP contribution in [-0.2, 0) is 16.1 Å². The lowest BCUT2D eigenvalue weighted by atomic mass is 9.90. The minimum atomic E-state index is -2.90. The Bertz CT molecular complexity index is 1210. The first-order valence-electron chi connectivity index (χ1n) is 11.5. The zero-order valence-electron chi connectivity index (χ0n) is 19.1. The normalized spacial score (nSPS) is 18.2. The Balaban J connectivity index is 1.35. The largest absolute Gasteiger partial charge is 0.415 e. The molecule has 2 aliphatic heterocycles. The summed E-state index contributed by atoms with van der Waals surface area (Å²) in [5.74, 6) is -2.26. The van der Waals surface area contributed by atoms with Crippen LogP contribution >= 0.6 is 0 Å². The van der Waals surface area contributed by atoms with E-state index < -0.39 is 29.7 Å². The van der Waals surface area contributed by atoms with Gasteiger partial charge in [0.15, 0.2) is 5.67 Å². The highest BCUT2D eigenvalue weighted by Crippen LogP contribution is 2.33. The molecule has 190 valence electrons. The minimum absolute atomic E-state index is 0.0180. The van der Waals surface area contributed by atoms with Gasteiger partial charge in [0, 0.05) is 37.8 Å². The molecule has 2 saturated heterocycles. The van der Waals surface area contributed by atoms with Crippen molar-refractivity contribution in [3.63, 3.8) is 0 Å². The second-order valence-corrected chi connectivity index (χ2v) is 8.85. The van der Waals surface area contributed by atoms with E-state index in [-0.39, 0.29) is 37.0 Å². The van der Waals surface area contributed by atoms with Crippen LogP contribution in [0.3, 0.4) is 0 Å². The predicted octanol–water partition coefficient (Wildman–Crippen LogP) is 3.94. The van der Waals surface area contributed by atoms with Crippen LogP contribution in [0.25, 0.3) is 11.5 Å². The zero-order chi connectivity index (χ0) is 25.3. The Kier molecular flexibility index (Phi) is 6.71. The Labute approximate surface area is 203 Å². The molecule has 36 heavy (non-hydrogen) atoms. The molecule has 3 aromatic rings. The fourth-order valence-corrected chi connectivity index (χ4v) is 4.30. The van der Waals surface area contributed by atoms with E-state index in [1.165, 1.54) is 47.5 Å². The third-order valence-electron chi connectivity index (χ3n) is 6.49. The number of ether oxygens (including phenoxy) is 1. The number of pyridine rings is 1. The van der Waals surface area contributed by atoms with Crippen molar-refractivity contribution >= 4 is 11.6 Å². The summed E-state index contributed by atoms with van der Waals surface area (Å²) < 4.78 is 65.5. The number of halogens is 4. The number of carbonyl (C=O) groups excluding carboxylic acids is 1. The monoisotopic (exact) mass is 505 g/mol. The van der Waals surface area contributed by atoms with Crippen LogP contribution in [0, 0.1) is 5.82 Å². The molecule has 0 N–H and O–H groups in total. The van der Waals surface area contributed by atoms with Crippen molar-refractivity contribution in [3.8, 4) is 11.5 Å². The number of aromatic nitrogens is 3. The molecule has 2 fully saturated rings. The van der Waals surface area contributed by atoms with Gasteiger partial charge >= 0.3 is 6.43 Å². The Hall–Kier alpha value is -3.38. The molecule has 2 aliphatic rings. The molecule has 12 heteroatoms. The Morgan fingerprint density at radius 1 is 1.17 bits per heavy atom. The van der Waals surface area contributed by atoms with Gasteiger partial charge in [0.1, 0.15) is 5.82 Å². The molecule has 8 nitrogen and oxygen atoms in total. The highest BCUT2D eigenvalue weighted by Gasteiger charge is 2.46. The maximum absolute atomic E-state index is 16.0. The van der Waals surface area contributed by atoms with Crippen molar-refractivity contribution in [2.24, 2.45) is 0 Å². The average molecular weight is 505 g/mol. The van der Waals surface area contributed by atoms with Gasteiger partial charge in [-0.3, -0.25) is 14.7 Å². The number of carbonyl (C=O) groups is 1. The van der Waals surface area contributed by atoms with Gasteiger partial charge < -0.3 is 14.1 Å². The fraction of sp³-hybridized carbons (Fsp3) is 0.417. The van der Waals surface area contributed by atoms with Gasteiger partial charge in [-0.2, -0.15) is 8.78 Å². The van der Waals surface area contributed by atoms with E-state index >= 15 is 4.39 Å². The molecular weight excluding hydrogens is 482 g/mol. The average Bonchev–Trinajstić information content (AvgIpc) is 3.34. The standard InChI is InChI=1S/C24H23F4N5O3/c25-16-2-1-3-18(10-16)33(23(34)24(28)6-8-32(9-7-24)19-13-35-14-19)12-17-5-4-15(11-29-17)21-30-31-22(36-21)20(26)27/h1-5,10-11,19-20H,6-9,12-14H2. The fourth-order valence-electron chi connectivity index (χ4n) is 4.30. The van der Waals surface area contributed by atoms with E-state index in [2.05, 4.69) is 20.1 Å². The lowest BCUT2D eigenvalue weighted by Crippen LogP contribution is -2.57. The van der Waals surface area contributed by atoms with Crippen LogP contribution in [0.5, 0.6) is 0 Å². The SMILES string of the molecule is O=C(N(Cc1ccc(-c2nnc(C(F)F)o2)cn1)c1cccc(F)c1)C1(F)CCN(C2COC2)CC1. The third-order valence-corrected chi connectivity index (χ3v) is 6.49. The molecule has 1 aromatic carbocycles.